The Balaban J connectivity index is 1.27. The predicted molar refractivity (Wildman–Crippen MR) is 175 cm³/mol. The maximum Gasteiger partial charge on any atom is 0.341 e. The lowest BCUT2D eigenvalue weighted by Gasteiger charge is -2.12. The Morgan fingerprint density at radius 2 is 1.69 bits per heavy atom. The van der Waals surface area contributed by atoms with E-state index < -0.39 is 23.6 Å². The summed E-state index contributed by atoms with van der Waals surface area (Å²) in [4.78, 5) is 53.4. The Labute approximate surface area is 268 Å². The predicted octanol–water partition coefficient (Wildman–Crippen LogP) is 6.69. The second kappa shape index (κ2) is 14.8. The number of halogens is 1. The van der Waals surface area contributed by atoms with Gasteiger partial charge in [0.2, 0.25) is 5.91 Å². The number of thiophene rings is 1. The number of thioether (sulfide) groups is 1. The maximum absolute atomic E-state index is 14.4. The number of anilines is 2. The largest absolute Gasteiger partial charge is 0.465 e. The van der Waals surface area contributed by atoms with Gasteiger partial charge >= 0.3 is 5.97 Å². The van der Waals surface area contributed by atoms with Crippen molar-refractivity contribution >= 4 is 63.6 Å². The van der Waals surface area contributed by atoms with Crippen molar-refractivity contribution in [1.29, 1.82) is 0 Å². The van der Waals surface area contributed by atoms with Crippen molar-refractivity contribution < 1.29 is 28.3 Å². The van der Waals surface area contributed by atoms with Crippen LogP contribution in [-0.2, 0) is 27.2 Å². The highest BCUT2D eigenvalue weighted by Gasteiger charge is 2.27. The molecule has 5 rings (SSSR count). The Morgan fingerprint density at radius 3 is 2.47 bits per heavy atom. The van der Waals surface area contributed by atoms with E-state index in [0.717, 1.165) is 36.1 Å². The molecule has 0 saturated heterocycles. The quantitative estimate of drug-likeness (QED) is 0.101. The molecule has 0 saturated carbocycles. The Bertz CT molecular complexity index is 1770. The molecule has 230 valence electrons. The van der Waals surface area contributed by atoms with Crippen LogP contribution in [0, 0.1) is 5.82 Å². The van der Waals surface area contributed by atoms with Crippen LogP contribution in [-0.4, -0.2) is 36.6 Å². The first-order chi connectivity index (χ1) is 21.8. The van der Waals surface area contributed by atoms with Crippen LogP contribution in [0.1, 0.15) is 49.6 Å². The molecule has 3 amide bonds. The molecule has 3 N–H and O–H groups in total. The number of hydrogen-bond acceptors (Lipinski definition) is 7. The number of ether oxygens (including phenoxy) is 1. The zero-order chi connectivity index (χ0) is 31.8. The Hall–Kier alpha value is -4.74. The van der Waals surface area contributed by atoms with Crippen LogP contribution >= 0.6 is 23.1 Å². The highest BCUT2D eigenvalue weighted by molar-refractivity contribution is 8.00. The van der Waals surface area contributed by atoms with Gasteiger partial charge in [0, 0.05) is 26.6 Å². The number of esters is 1. The second-order valence-electron chi connectivity index (χ2n) is 10.1. The van der Waals surface area contributed by atoms with E-state index >= 15 is 0 Å². The van der Waals surface area contributed by atoms with E-state index in [2.05, 4.69) is 16.0 Å². The van der Waals surface area contributed by atoms with Crippen LogP contribution in [0.15, 0.2) is 89.5 Å². The summed E-state index contributed by atoms with van der Waals surface area (Å²) in [7, 11) is 1.33. The van der Waals surface area contributed by atoms with E-state index in [0.29, 0.717) is 26.7 Å². The number of amides is 3. The lowest BCUT2D eigenvalue weighted by Crippen LogP contribution is -2.30. The van der Waals surface area contributed by atoms with Gasteiger partial charge in [0.25, 0.3) is 11.8 Å². The molecular weight excluding hydrogens is 614 g/mol. The van der Waals surface area contributed by atoms with Crippen molar-refractivity contribution in [2.45, 2.75) is 30.6 Å². The summed E-state index contributed by atoms with van der Waals surface area (Å²) >= 11 is 2.68. The summed E-state index contributed by atoms with van der Waals surface area (Å²) in [6, 6.07) is 21.2. The molecular formula is C34H30FN3O5S2. The molecule has 8 nitrogen and oxygen atoms in total. The van der Waals surface area contributed by atoms with Gasteiger partial charge in [-0.25, -0.2) is 9.18 Å². The number of fused-ring (bicyclic) bond motifs is 1. The number of benzene rings is 3. The van der Waals surface area contributed by atoms with Gasteiger partial charge in [-0.05, 0) is 73.7 Å². The molecule has 0 bridgehead atoms. The summed E-state index contributed by atoms with van der Waals surface area (Å²) in [5.41, 5.74) is 2.15. The van der Waals surface area contributed by atoms with Gasteiger partial charge < -0.3 is 20.7 Å². The topological polar surface area (TPSA) is 114 Å². The zero-order valence-electron chi connectivity index (χ0n) is 24.4. The normalized spacial score (nSPS) is 12.5. The van der Waals surface area contributed by atoms with Crippen LogP contribution in [0.5, 0.6) is 0 Å². The van der Waals surface area contributed by atoms with Gasteiger partial charge in [-0.15, -0.1) is 23.1 Å². The molecule has 1 aliphatic rings. The first-order valence-electron chi connectivity index (χ1n) is 14.2. The van der Waals surface area contributed by atoms with Crippen LogP contribution < -0.4 is 16.0 Å². The molecule has 4 aromatic rings. The van der Waals surface area contributed by atoms with E-state index in [1.807, 2.05) is 0 Å². The summed E-state index contributed by atoms with van der Waals surface area (Å²) in [6.07, 6.45) is 4.97. The zero-order valence-corrected chi connectivity index (χ0v) is 26.0. The molecule has 1 heterocycles. The molecule has 1 aliphatic carbocycles. The third-order valence-corrected chi connectivity index (χ3v) is 9.21. The molecule has 1 aromatic heterocycles. The highest BCUT2D eigenvalue weighted by Crippen LogP contribution is 2.38. The van der Waals surface area contributed by atoms with Gasteiger partial charge in [-0.3, -0.25) is 14.4 Å². The minimum Gasteiger partial charge on any atom is -0.465 e. The average molecular weight is 644 g/mol. The molecule has 0 fully saturated rings. The monoisotopic (exact) mass is 643 g/mol. The molecule has 0 unspecified atom stereocenters. The number of methoxy groups -OCH3 is 1. The SMILES string of the molecule is COC(=O)c1c(NC(=O)CSc2cccc(NC(=O)/C(=C/c3ccccc3F)NC(=O)c3ccccc3)c2)sc2c1CCCC2. The fourth-order valence-electron chi connectivity index (χ4n) is 4.84. The summed E-state index contributed by atoms with van der Waals surface area (Å²) in [6.45, 7) is 0. The van der Waals surface area contributed by atoms with Crippen LogP contribution in [0.25, 0.3) is 6.08 Å². The Morgan fingerprint density at radius 1 is 0.933 bits per heavy atom. The summed E-state index contributed by atoms with van der Waals surface area (Å²) in [5, 5.41) is 8.74. The third kappa shape index (κ3) is 8.05. The maximum atomic E-state index is 14.4. The first-order valence-corrected chi connectivity index (χ1v) is 16.0. The Kier molecular flexibility index (Phi) is 10.4. The first kappa shape index (κ1) is 31.7. The fraction of sp³-hybridized carbons (Fsp3) is 0.176. The number of nitrogens with one attached hydrogen (secondary N) is 3. The van der Waals surface area contributed by atoms with E-state index in [1.54, 1.807) is 60.7 Å². The van der Waals surface area contributed by atoms with Crippen LogP contribution in [0.3, 0.4) is 0 Å². The third-order valence-electron chi connectivity index (χ3n) is 7.01. The van der Waals surface area contributed by atoms with E-state index in [1.165, 1.54) is 54.5 Å². The molecule has 45 heavy (non-hydrogen) atoms. The van der Waals surface area contributed by atoms with E-state index in [9.17, 15) is 23.6 Å². The molecule has 0 atom stereocenters. The van der Waals surface area contributed by atoms with Gasteiger partial charge in [0.1, 0.15) is 16.5 Å². The minimum atomic E-state index is -0.653. The van der Waals surface area contributed by atoms with Gasteiger partial charge in [0.05, 0.1) is 18.4 Å². The van der Waals surface area contributed by atoms with Crippen molar-refractivity contribution in [3.05, 3.63) is 118 Å². The molecule has 0 radical (unpaired) electrons. The van der Waals surface area contributed by atoms with Crippen molar-refractivity contribution in [3.63, 3.8) is 0 Å². The second-order valence-corrected chi connectivity index (χ2v) is 12.3. The number of rotatable bonds is 10. The van der Waals surface area contributed by atoms with Gasteiger partial charge in [0.15, 0.2) is 0 Å². The summed E-state index contributed by atoms with van der Waals surface area (Å²) < 4.78 is 19.4. The lowest BCUT2D eigenvalue weighted by atomic mass is 9.95. The van der Waals surface area contributed by atoms with E-state index in [4.69, 9.17) is 4.74 Å². The van der Waals surface area contributed by atoms with Crippen molar-refractivity contribution in [3.8, 4) is 0 Å². The molecule has 11 heteroatoms. The molecule has 0 spiro atoms. The standard InChI is InChI=1S/C34H30FN3O5S2/c1-43-34(42)30-25-15-6-8-17-28(25)45-33(30)38-29(39)20-44-24-14-9-13-23(19-24)36-32(41)27(18-22-12-5-7-16-26(22)35)37-31(40)21-10-3-2-4-11-21/h2-5,7,9-14,16,18-19H,6,8,15,17,20H2,1H3,(H,36,41)(H,37,40)(H,38,39)/b27-18-. The highest BCUT2D eigenvalue weighted by atomic mass is 32.2. The number of hydrogen-bond donors (Lipinski definition) is 3. The van der Waals surface area contributed by atoms with E-state index in [-0.39, 0.29) is 22.9 Å². The molecule has 0 aliphatic heterocycles. The number of carbonyl (C=O) groups excluding carboxylic acids is 4. The van der Waals surface area contributed by atoms with Crippen LogP contribution in [0.4, 0.5) is 15.1 Å². The fourth-order valence-corrected chi connectivity index (χ4v) is 6.88. The molecule has 3 aromatic carbocycles. The van der Waals surface area contributed by atoms with Crippen molar-refractivity contribution in [1.82, 2.24) is 5.32 Å². The van der Waals surface area contributed by atoms with Crippen LogP contribution in [0.2, 0.25) is 0 Å². The van der Waals surface area contributed by atoms with Crippen molar-refractivity contribution in [2.24, 2.45) is 0 Å². The van der Waals surface area contributed by atoms with Gasteiger partial charge in [-0.2, -0.15) is 0 Å². The summed E-state index contributed by atoms with van der Waals surface area (Å²) in [5.74, 6) is -2.40. The van der Waals surface area contributed by atoms with Crippen molar-refractivity contribution in [2.75, 3.05) is 23.5 Å². The minimum absolute atomic E-state index is 0.0617. The van der Waals surface area contributed by atoms with Gasteiger partial charge in [-0.1, -0.05) is 42.5 Å². The number of aryl methyl sites for hydroxylation is 1. The smallest absolute Gasteiger partial charge is 0.341 e. The lowest BCUT2D eigenvalue weighted by molar-refractivity contribution is -0.114. The average Bonchev–Trinajstić information content (AvgIpc) is 3.42. The number of carbonyl (C=O) groups is 4.